The molecule has 17 heteroatoms. The number of piperidine rings is 2. The Balaban J connectivity index is 0.645. The second kappa shape index (κ2) is 19.8. The van der Waals surface area contributed by atoms with Gasteiger partial charge in [-0.1, -0.05) is 60.8 Å². The first-order chi connectivity index (χ1) is 34.9. The number of aromatic carboxylic acids is 1. The second-order valence-corrected chi connectivity index (χ2v) is 21.1. The lowest BCUT2D eigenvalue weighted by molar-refractivity contribution is -0.134. The third kappa shape index (κ3) is 9.55. The normalized spacial score (nSPS) is 22.6. The van der Waals surface area contributed by atoms with Gasteiger partial charge in [-0.2, -0.15) is 5.10 Å². The molecule has 370 valence electrons. The molecule has 1 saturated carbocycles. The van der Waals surface area contributed by atoms with Crippen LogP contribution in [0.1, 0.15) is 94.6 Å². The number of ether oxygens (including phenoxy) is 1. The molecule has 6 aromatic rings. The van der Waals surface area contributed by atoms with Crippen LogP contribution in [0.3, 0.4) is 0 Å². The predicted molar refractivity (Wildman–Crippen MR) is 276 cm³/mol. The van der Waals surface area contributed by atoms with Crippen LogP contribution in [0, 0.1) is 23.7 Å². The molecule has 3 fully saturated rings. The molecule has 3 unspecified atom stereocenters. The highest BCUT2D eigenvalue weighted by Crippen LogP contribution is 2.44. The standard InChI is InChI=1S/C55H57N9O7S/c1-31-37(38-15-17-47(58-51(38)54(69)70)64-24-21-34-7-5-9-39(42(34)28-64)52(67)60-55-57-43-10-3-4-12-46(43)72-55)8-6-11-45(31)71-30-32-25-35(26-32)33-19-22-63(23-20-33)29-49(66)56-36-13-14-40-44(27-36)62(2)61-50(40)41-16-18-48(65)59-53(41)68/h3-15,17,27,31-33,35,41,45H,16,18-26,28-30H2,1-2H3,(H,56,66)(H,69,70)(H,57,60,67)(H,59,65,68). The van der Waals surface area contributed by atoms with Crippen molar-refractivity contribution in [2.24, 2.45) is 30.7 Å². The number of likely N-dealkylation sites (tertiary alicyclic amines) is 1. The minimum Gasteiger partial charge on any atom is -0.476 e. The number of aromatic nitrogens is 4. The number of hydrogen-bond acceptors (Lipinski definition) is 12. The zero-order chi connectivity index (χ0) is 49.6. The monoisotopic (exact) mass is 987 g/mol. The SMILES string of the molecule is CC1C(c2ccc(N3CCc4cccc(C(=O)Nc5nc6ccccc6s5)c4C3)nc2C(=O)O)=CC=CC1OCC1CC(C2CCN(CC(=O)Nc3ccc4c(C5CCC(=O)NC5=O)nn(C)c4c3)CC2)C1. The smallest absolute Gasteiger partial charge is 0.355 e. The predicted octanol–water partition coefficient (Wildman–Crippen LogP) is 7.96. The first kappa shape index (κ1) is 47.3. The molecule has 2 saturated heterocycles. The van der Waals surface area contributed by atoms with Crippen molar-refractivity contribution < 1.29 is 33.8 Å². The van der Waals surface area contributed by atoms with Gasteiger partial charge in [0.1, 0.15) is 5.82 Å². The minimum atomic E-state index is -1.10. The van der Waals surface area contributed by atoms with Crippen molar-refractivity contribution in [2.45, 2.75) is 70.4 Å². The number of carbonyl (C=O) groups excluding carboxylic acids is 4. The highest BCUT2D eigenvalue weighted by Gasteiger charge is 2.38. The highest BCUT2D eigenvalue weighted by atomic mass is 32.1. The van der Waals surface area contributed by atoms with Crippen LogP contribution in [0.2, 0.25) is 0 Å². The minimum absolute atomic E-state index is 0.00748. The number of carbonyl (C=O) groups is 5. The molecule has 4 N–H and O–H groups in total. The first-order valence-corrected chi connectivity index (χ1v) is 25.8. The van der Waals surface area contributed by atoms with E-state index >= 15 is 0 Å². The number of benzene rings is 3. The Bertz CT molecular complexity index is 3170. The summed E-state index contributed by atoms with van der Waals surface area (Å²) in [6.45, 7) is 5.83. The highest BCUT2D eigenvalue weighted by molar-refractivity contribution is 7.22. The lowest BCUT2D eigenvalue weighted by Gasteiger charge is -2.44. The van der Waals surface area contributed by atoms with Gasteiger partial charge >= 0.3 is 5.97 Å². The molecule has 6 heterocycles. The zero-order valence-electron chi connectivity index (χ0n) is 40.3. The van der Waals surface area contributed by atoms with E-state index in [4.69, 9.17) is 9.72 Å². The number of imide groups is 1. The molecule has 0 radical (unpaired) electrons. The maximum absolute atomic E-state index is 13.7. The molecule has 0 bridgehead atoms. The van der Waals surface area contributed by atoms with E-state index in [9.17, 15) is 29.1 Å². The van der Waals surface area contributed by atoms with Crippen LogP contribution < -0.4 is 20.9 Å². The van der Waals surface area contributed by atoms with Crippen LogP contribution in [0.5, 0.6) is 0 Å². The van der Waals surface area contributed by atoms with Crippen molar-refractivity contribution in [1.82, 2.24) is 30.0 Å². The van der Waals surface area contributed by atoms with Gasteiger partial charge < -0.3 is 20.1 Å². The molecule has 3 aromatic carbocycles. The Kier molecular flexibility index (Phi) is 13.0. The van der Waals surface area contributed by atoms with Gasteiger partial charge in [0.15, 0.2) is 10.8 Å². The molecule has 3 atom stereocenters. The van der Waals surface area contributed by atoms with Gasteiger partial charge in [-0.05, 0) is 135 Å². The van der Waals surface area contributed by atoms with Gasteiger partial charge in [-0.15, -0.1) is 0 Å². The quantitative estimate of drug-likeness (QED) is 0.0815. The number of nitrogens with one attached hydrogen (secondary N) is 3. The molecule has 4 amide bonds. The first-order valence-electron chi connectivity index (χ1n) is 25.0. The summed E-state index contributed by atoms with van der Waals surface area (Å²) in [5.74, 6) is -0.279. The van der Waals surface area contributed by atoms with Crippen LogP contribution in [-0.2, 0) is 39.1 Å². The maximum Gasteiger partial charge on any atom is 0.355 e. The van der Waals surface area contributed by atoms with Crippen LogP contribution in [0.15, 0.2) is 91.0 Å². The molecule has 11 rings (SSSR count). The summed E-state index contributed by atoms with van der Waals surface area (Å²) >= 11 is 1.43. The van der Waals surface area contributed by atoms with Gasteiger partial charge in [0, 0.05) is 54.7 Å². The lowest BCUT2D eigenvalue weighted by Crippen LogP contribution is -2.43. The lowest BCUT2D eigenvalue weighted by atomic mass is 9.66. The number of para-hydroxylation sites is 1. The van der Waals surface area contributed by atoms with Crippen molar-refractivity contribution in [3.8, 4) is 0 Å². The van der Waals surface area contributed by atoms with E-state index in [-0.39, 0.29) is 47.8 Å². The van der Waals surface area contributed by atoms with Gasteiger partial charge in [0.2, 0.25) is 17.7 Å². The Labute approximate surface area is 420 Å². The molecule has 0 spiro atoms. The number of thiazole rings is 1. The third-order valence-electron chi connectivity index (χ3n) is 15.5. The largest absolute Gasteiger partial charge is 0.476 e. The number of nitrogens with zero attached hydrogens (tertiary/aromatic N) is 6. The molecule has 2 aliphatic carbocycles. The number of fused-ring (bicyclic) bond motifs is 3. The van der Waals surface area contributed by atoms with Gasteiger partial charge in [-0.3, -0.25) is 39.4 Å². The summed E-state index contributed by atoms with van der Waals surface area (Å²) in [6, 6.07) is 22.9. The number of carboxylic acids is 1. The molecule has 16 nitrogen and oxygen atoms in total. The molecule has 3 aromatic heterocycles. The fourth-order valence-corrected chi connectivity index (χ4v) is 12.4. The van der Waals surface area contributed by atoms with E-state index in [1.807, 2.05) is 96.9 Å². The number of pyridine rings is 1. The summed E-state index contributed by atoms with van der Waals surface area (Å²) < 4.78 is 9.29. The van der Waals surface area contributed by atoms with Crippen LogP contribution >= 0.6 is 11.3 Å². The molecule has 3 aliphatic heterocycles. The Morgan fingerprint density at radius 1 is 0.917 bits per heavy atom. The summed E-state index contributed by atoms with van der Waals surface area (Å²) in [7, 11) is 1.81. The number of hydrogen-bond donors (Lipinski definition) is 4. The second-order valence-electron chi connectivity index (χ2n) is 20.0. The van der Waals surface area contributed by atoms with Crippen LogP contribution in [-0.4, -0.2) is 98.2 Å². The van der Waals surface area contributed by atoms with Crippen molar-refractivity contribution in [2.75, 3.05) is 48.3 Å². The van der Waals surface area contributed by atoms with E-state index < -0.39 is 11.9 Å². The van der Waals surface area contributed by atoms with Crippen molar-refractivity contribution >= 4 is 84.3 Å². The summed E-state index contributed by atoms with van der Waals surface area (Å²) in [5, 5.41) is 25.0. The van der Waals surface area contributed by atoms with Gasteiger partial charge in [0.25, 0.3) is 5.91 Å². The average molecular weight is 988 g/mol. The van der Waals surface area contributed by atoms with Crippen molar-refractivity contribution in [1.29, 1.82) is 0 Å². The topological polar surface area (TPSA) is 201 Å². The van der Waals surface area contributed by atoms with E-state index in [1.165, 1.54) is 11.3 Å². The van der Waals surface area contributed by atoms with E-state index in [2.05, 4.69) is 43.9 Å². The van der Waals surface area contributed by atoms with Crippen molar-refractivity contribution in [3.05, 3.63) is 125 Å². The number of anilines is 3. The summed E-state index contributed by atoms with van der Waals surface area (Å²) in [5.41, 5.74) is 6.93. The fraction of sp³-hybridized carbons (Fsp3) is 0.382. The number of amides is 4. The average Bonchev–Trinajstić information content (AvgIpc) is 3.93. The molecular formula is C55H57N9O7S. The van der Waals surface area contributed by atoms with Gasteiger partial charge in [0.05, 0.1) is 46.6 Å². The van der Waals surface area contributed by atoms with Gasteiger partial charge in [-0.25, -0.2) is 14.8 Å². The van der Waals surface area contributed by atoms with Crippen molar-refractivity contribution in [3.63, 3.8) is 0 Å². The van der Waals surface area contributed by atoms with Crippen LogP contribution in [0.25, 0.3) is 26.7 Å². The number of rotatable bonds is 13. The summed E-state index contributed by atoms with van der Waals surface area (Å²) in [4.78, 5) is 77.6. The fourth-order valence-electron chi connectivity index (χ4n) is 11.5. The number of carboxylic acid groups (broad SMARTS) is 1. The van der Waals surface area contributed by atoms with Crippen LogP contribution in [0.4, 0.5) is 16.6 Å². The maximum atomic E-state index is 13.7. The Morgan fingerprint density at radius 3 is 2.56 bits per heavy atom. The zero-order valence-corrected chi connectivity index (χ0v) is 41.1. The molecule has 5 aliphatic rings. The number of aryl methyl sites for hydroxylation is 1. The third-order valence-corrected chi connectivity index (χ3v) is 16.5. The van der Waals surface area contributed by atoms with E-state index in [0.29, 0.717) is 90.3 Å². The number of allylic oxidation sites excluding steroid dienone is 2. The van der Waals surface area contributed by atoms with E-state index in [1.54, 1.807) is 4.68 Å². The molecule has 72 heavy (non-hydrogen) atoms. The molecular weight excluding hydrogens is 931 g/mol. The van der Waals surface area contributed by atoms with E-state index in [0.717, 1.165) is 76.6 Å². The Hall–Kier alpha value is -7.08. The summed E-state index contributed by atoms with van der Waals surface area (Å²) in [6.07, 6.45) is 11.5. The Morgan fingerprint density at radius 2 is 1.75 bits per heavy atom.